The van der Waals surface area contributed by atoms with Crippen LogP contribution in [0.1, 0.15) is 48.9 Å². The highest BCUT2D eigenvalue weighted by atomic mass is 16.5. The molecular formula is C23H29N3O2. The molecule has 0 radical (unpaired) electrons. The molecule has 2 aromatic rings. The highest BCUT2D eigenvalue weighted by Gasteiger charge is 2.29. The lowest BCUT2D eigenvalue weighted by molar-refractivity contribution is 0.0493. The standard InChI is InChI=1S/C23H29N3O2/c27-23(25-12-2-13-25)18-9-14-26(17-18)20-5-7-21(8-6-20)28-22-10-15-24(16-11-22)19-3-1-4-19/h5-9,14,17,19,22H,1-4,10-13,15-16H2. The molecule has 28 heavy (non-hydrogen) atoms. The summed E-state index contributed by atoms with van der Waals surface area (Å²) < 4.78 is 8.23. The van der Waals surface area contributed by atoms with Crippen LogP contribution < -0.4 is 4.74 Å². The van der Waals surface area contributed by atoms with Crippen molar-refractivity contribution in [2.45, 2.75) is 50.7 Å². The lowest BCUT2D eigenvalue weighted by atomic mass is 9.90. The molecular weight excluding hydrogens is 350 g/mol. The molecule has 0 bridgehead atoms. The summed E-state index contributed by atoms with van der Waals surface area (Å²) in [5.41, 5.74) is 1.81. The molecule has 1 aromatic heterocycles. The Morgan fingerprint density at radius 2 is 1.64 bits per heavy atom. The van der Waals surface area contributed by atoms with Crippen molar-refractivity contribution in [3.05, 3.63) is 48.3 Å². The van der Waals surface area contributed by atoms with Gasteiger partial charge in [0.05, 0.1) is 5.56 Å². The Labute approximate surface area is 166 Å². The van der Waals surface area contributed by atoms with E-state index >= 15 is 0 Å². The van der Waals surface area contributed by atoms with Crippen molar-refractivity contribution in [3.8, 4) is 11.4 Å². The Morgan fingerprint density at radius 3 is 2.25 bits per heavy atom. The lowest BCUT2D eigenvalue weighted by Gasteiger charge is -2.41. The quantitative estimate of drug-likeness (QED) is 0.795. The van der Waals surface area contributed by atoms with E-state index in [1.54, 1.807) is 0 Å². The first-order valence-electron chi connectivity index (χ1n) is 10.7. The third-order valence-corrected chi connectivity index (χ3v) is 6.59. The summed E-state index contributed by atoms with van der Waals surface area (Å²) in [6.45, 7) is 4.11. The summed E-state index contributed by atoms with van der Waals surface area (Å²) in [7, 11) is 0. The van der Waals surface area contributed by atoms with Crippen LogP contribution in [-0.2, 0) is 0 Å². The van der Waals surface area contributed by atoms with Crippen LogP contribution in [0.15, 0.2) is 42.7 Å². The van der Waals surface area contributed by atoms with Gasteiger partial charge in [-0.05, 0) is 62.4 Å². The van der Waals surface area contributed by atoms with Crippen molar-refractivity contribution in [2.24, 2.45) is 0 Å². The number of benzene rings is 1. The van der Waals surface area contributed by atoms with Crippen molar-refractivity contribution in [1.29, 1.82) is 0 Å². The number of carbonyl (C=O) groups excluding carboxylic acids is 1. The van der Waals surface area contributed by atoms with Gasteiger partial charge >= 0.3 is 0 Å². The van der Waals surface area contributed by atoms with Crippen LogP contribution in [0.4, 0.5) is 0 Å². The smallest absolute Gasteiger partial charge is 0.255 e. The Hall–Kier alpha value is -2.27. The van der Waals surface area contributed by atoms with Crippen molar-refractivity contribution in [1.82, 2.24) is 14.4 Å². The Bertz CT molecular complexity index is 813. The molecule has 0 unspecified atom stereocenters. The highest BCUT2D eigenvalue weighted by molar-refractivity contribution is 5.94. The van der Waals surface area contributed by atoms with Gasteiger partial charge in [-0.3, -0.25) is 4.79 Å². The maximum Gasteiger partial charge on any atom is 0.255 e. The van der Waals surface area contributed by atoms with E-state index in [1.165, 1.54) is 32.4 Å². The predicted octanol–water partition coefficient (Wildman–Crippen LogP) is 3.72. The molecule has 3 heterocycles. The molecule has 148 valence electrons. The van der Waals surface area contributed by atoms with E-state index in [9.17, 15) is 4.79 Å². The number of carbonyl (C=O) groups is 1. The summed E-state index contributed by atoms with van der Waals surface area (Å²) in [6, 6.07) is 11.0. The van der Waals surface area contributed by atoms with Gasteiger partial charge in [0.2, 0.25) is 0 Å². The van der Waals surface area contributed by atoms with Gasteiger partial charge in [0.15, 0.2) is 0 Å². The number of nitrogens with zero attached hydrogens (tertiary/aromatic N) is 3. The minimum atomic E-state index is 0.137. The maximum absolute atomic E-state index is 12.3. The fraction of sp³-hybridized carbons (Fsp3) is 0.522. The van der Waals surface area contributed by atoms with Gasteiger partial charge in [0.1, 0.15) is 11.9 Å². The second-order valence-corrected chi connectivity index (χ2v) is 8.39. The topological polar surface area (TPSA) is 37.7 Å². The van der Waals surface area contributed by atoms with Crippen molar-refractivity contribution >= 4 is 5.91 Å². The van der Waals surface area contributed by atoms with Crippen LogP contribution >= 0.6 is 0 Å². The van der Waals surface area contributed by atoms with E-state index in [2.05, 4.69) is 17.0 Å². The second-order valence-electron chi connectivity index (χ2n) is 8.39. The van der Waals surface area contributed by atoms with E-state index in [4.69, 9.17) is 4.74 Å². The molecule has 3 fully saturated rings. The van der Waals surface area contributed by atoms with Gasteiger partial charge in [-0.2, -0.15) is 0 Å². The average Bonchev–Trinajstić information content (AvgIpc) is 3.11. The summed E-state index contributed by atoms with van der Waals surface area (Å²) in [5.74, 6) is 1.08. The zero-order chi connectivity index (χ0) is 18.9. The van der Waals surface area contributed by atoms with E-state index < -0.39 is 0 Å². The third kappa shape index (κ3) is 3.55. The molecule has 5 nitrogen and oxygen atoms in total. The molecule has 1 amide bonds. The average molecular weight is 380 g/mol. The second kappa shape index (κ2) is 7.63. The molecule has 3 aliphatic rings. The number of aromatic nitrogens is 1. The first kappa shape index (κ1) is 17.8. The van der Waals surface area contributed by atoms with Crippen molar-refractivity contribution < 1.29 is 9.53 Å². The monoisotopic (exact) mass is 379 g/mol. The van der Waals surface area contributed by atoms with E-state index in [1.807, 2.05) is 40.1 Å². The number of rotatable bonds is 5. The molecule has 0 N–H and O–H groups in total. The van der Waals surface area contributed by atoms with Crippen LogP contribution in [0, 0.1) is 0 Å². The van der Waals surface area contributed by atoms with Gasteiger partial charge in [-0.25, -0.2) is 0 Å². The number of likely N-dealkylation sites (tertiary alicyclic amines) is 2. The van der Waals surface area contributed by atoms with E-state index in [-0.39, 0.29) is 5.91 Å². The SMILES string of the molecule is O=C(c1ccn(-c2ccc(OC3CCN(C4CCC4)CC3)cc2)c1)N1CCC1. The Kier molecular flexibility index (Phi) is 4.85. The Balaban J connectivity index is 1.17. The molecule has 1 saturated carbocycles. The molecule has 0 spiro atoms. The molecule has 1 aliphatic carbocycles. The molecule has 1 aromatic carbocycles. The summed E-state index contributed by atoms with van der Waals surface area (Å²) in [4.78, 5) is 16.9. The number of hydrogen-bond acceptors (Lipinski definition) is 3. The minimum absolute atomic E-state index is 0.137. The van der Waals surface area contributed by atoms with Gasteiger partial charge in [-0.15, -0.1) is 0 Å². The number of ether oxygens (including phenoxy) is 1. The largest absolute Gasteiger partial charge is 0.490 e. The first-order chi connectivity index (χ1) is 13.8. The van der Waals surface area contributed by atoms with E-state index in [0.717, 1.165) is 55.4 Å². The summed E-state index contributed by atoms with van der Waals surface area (Å²) in [5, 5.41) is 0. The molecule has 0 atom stereocenters. The zero-order valence-corrected chi connectivity index (χ0v) is 16.4. The van der Waals surface area contributed by atoms with Crippen LogP contribution in [0.25, 0.3) is 5.69 Å². The van der Waals surface area contributed by atoms with Gasteiger partial charge in [-0.1, -0.05) is 6.42 Å². The van der Waals surface area contributed by atoms with Gasteiger partial charge < -0.3 is 19.1 Å². The Morgan fingerprint density at radius 1 is 0.893 bits per heavy atom. The number of piperidine rings is 1. The predicted molar refractivity (Wildman–Crippen MR) is 109 cm³/mol. The maximum atomic E-state index is 12.3. The van der Waals surface area contributed by atoms with Crippen LogP contribution in [0.5, 0.6) is 5.75 Å². The first-order valence-corrected chi connectivity index (χ1v) is 10.7. The normalized spacial score (nSPS) is 21.2. The van der Waals surface area contributed by atoms with Crippen LogP contribution in [0.3, 0.4) is 0 Å². The number of amides is 1. The zero-order valence-electron chi connectivity index (χ0n) is 16.4. The highest BCUT2D eigenvalue weighted by Crippen LogP contribution is 2.28. The molecule has 2 aliphatic heterocycles. The summed E-state index contributed by atoms with van der Waals surface area (Å²) >= 11 is 0. The minimum Gasteiger partial charge on any atom is -0.490 e. The summed E-state index contributed by atoms with van der Waals surface area (Å²) in [6.07, 6.45) is 11.8. The fourth-order valence-corrected chi connectivity index (χ4v) is 4.39. The van der Waals surface area contributed by atoms with Gasteiger partial charge in [0.25, 0.3) is 5.91 Å². The number of hydrogen-bond donors (Lipinski definition) is 0. The van der Waals surface area contributed by atoms with E-state index in [0.29, 0.717) is 6.10 Å². The van der Waals surface area contributed by atoms with Crippen molar-refractivity contribution in [3.63, 3.8) is 0 Å². The van der Waals surface area contributed by atoms with Crippen LogP contribution in [0.2, 0.25) is 0 Å². The molecule has 5 rings (SSSR count). The van der Waals surface area contributed by atoms with Crippen LogP contribution in [-0.4, -0.2) is 58.6 Å². The van der Waals surface area contributed by atoms with Crippen molar-refractivity contribution in [2.75, 3.05) is 26.2 Å². The molecule has 2 saturated heterocycles. The lowest BCUT2D eigenvalue weighted by Crippen LogP contribution is -2.46. The molecule has 5 heteroatoms. The third-order valence-electron chi connectivity index (χ3n) is 6.59. The fourth-order valence-electron chi connectivity index (χ4n) is 4.39. The van der Waals surface area contributed by atoms with Gasteiger partial charge in [0, 0.05) is 50.3 Å².